The maximum atomic E-state index is 12.5. The van der Waals surface area contributed by atoms with Crippen LogP contribution >= 0.6 is 11.6 Å². The Balaban J connectivity index is 2.32. The van der Waals surface area contributed by atoms with Crippen LogP contribution in [0.15, 0.2) is 45.8 Å². The van der Waals surface area contributed by atoms with Crippen LogP contribution in [0.2, 0.25) is 5.02 Å². The van der Waals surface area contributed by atoms with Gasteiger partial charge in [-0.05, 0) is 17.7 Å². The van der Waals surface area contributed by atoms with Crippen LogP contribution in [0, 0.1) is 0 Å². The molecule has 0 fully saturated rings. The molecule has 3 rings (SSSR count). The maximum absolute atomic E-state index is 12.5. The quantitative estimate of drug-likeness (QED) is 0.642. The van der Waals surface area contributed by atoms with Gasteiger partial charge in [-0.2, -0.15) is 0 Å². The lowest BCUT2D eigenvalue weighted by Crippen LogP contribution is -2.05. The average Bonchev–Trinajstić information content (AvgIpc) is 2.41. The Morgan fingerprint density at radius 1 is 1.00 bits per heavy atom. The molecule has 0 saturated carbocycles. The topological polar surface area (TPSA) is 90.9 Å². The van der Waals surface area contributed by atoms with Gasteiger partial charge in [0, 0.05) is 12.1 Å². The molecule has 0 aliphatic carbocycles. The second-order valence-electron chi connectivity index (χ2n) is 4.48. The maximum Gasteiger partial charge on any atom is 0.204 e. The normalized spacial score (nSPS) is 10.9. The van der Waals surface area contributed by atoms with E-state index in [4.69, 9.17) is 16.0 Å². The first-order valence-corrected chi connectivity index (χ1v) is 6.31. The number of aromatic hydroxyl groups is 3. The minimum atomic E-state index is -0.462. The van der Waals surface area contributed by atoms with Gasteiger partial charge in [-0.15, -0.1) is 0 Å². The van der Waals surface area contributed by atoms with Crippen LogP contribution in [-0.2, 0) is 0 Å². The molecule has 0 bridgehead atoms. The van der Waals surface area contributed by atoms with Crippen LogP contribution in [0.1, 0.15) is 0 Å². The van der Waals surface area contributed by atoms with E-state index in [0.717, 1.165) is 6.07 Å². The second kappa shape index (κ2) is 4.71. The summed E-state index contributed by atoms with van der Waals surface area (Å²) in [7, 11) is 0. The lowest BCUT2D eigenvalue weighted by Gasteiger charge is -2.06. The molecule has 0 atom stereocenters. The first kappa shape index (κ1) is 13.3. The lowest BCUT2D eigenvalue weighted by atomic mass is 10.0. The Bertz CT molecular complexity index is 914. The first-order chi connectivity index (χ1) is 9.97. The third-order valence-electron chi connectivity index (χ3n) is 3.10. The number of hydrogen-bond acceptors (Lipinski definition) is 5. The van der Waals surface area contributed by atoms with Crippen LogP contribution in [0.5, 0.6) is 17.2 Å². The molecule has 0 aliphatic heterocycles. The van der Waals surface area contributed by atoms with Gasteiger partial charge in [0.1, 0.15) is 34.5 Å². The Morgan fingerprint density at radius 3 is 2.48 bits per heavy atom. The molecule has 1 aromatic heterocycles. The van der Waals surface area contributed by atoms with Crippen LogP contribution in [-0.4, -0.2) is 15.3 Å². The highest BCUT2D eigenvalue weighted by Crippen LogP contribution is 2.32. The summed E-state index contributed by atoms with van der Waals surface area (Å²) in [6, 6.07) is 6.60. The van der Waals surface area contributed by atoms with E-state index in [0.29, 0.717) is 5.56 Å². The monoisotopic (exact) mass is 304 g/mol. The molecular weight excluding hydrogens is 296 g/mol. The van der Waals surface area contributed by atoms with Crippen molar-refractivity contribution in [1.29, 1.82) is 0 Å². The van der Waals surface area contributed by atoms with Crippen LogP contribution in [0.3, 0.4) is 0 Å². The number of hydrogen-bond donors (Lipinski definition) is 3. The van der Waals surface area contributed by atoms with Crippen molar-refractivity contribution in [3.63, 3.8) is 0 Å². The van der Waals surface area contributed by atoms with Gasteiger partial charge in [0.15, 0.2) is 0 Å². The minimum absolute atomic E-state index is 0.0329. The number of phenolic OH excluding ortho intramolecular Hbond substituents is 3. The fraction of sp³-hybridized carbons (Fsp3) is 0. The summed E-state index contributed by atoms with van der Waals surface area (Å²) >= 11 is 5.82. The van der Waals surface area contributed by atoms with Crippen molar-refractivity contribution in [2.45, 2.75) is 0 Å². The molecule has 0 spiro atoms. The van der Waals surface area contributed by atoms with Gasteiger partial charge in [0.25, 0.3) is 0 Å². The van der Waals surface area contributed by atoms with E-state index >= 15 is 0 Å². The van der Waals surface area contributed by atoms with Crippen molar-refractivity contribution in [3.8, 4) is 28.4 Å². The van der Waals surface area contributed by atoms with E-state index in [1.54, 1.807) is 0 Å². The second-order valence-corrected chi connectivity index (χ2v) is 4.89. The molecule has 0 saturated heterocycles. The molecule has 1 heterocycles. The molecule has 106 valence electrons. The van der Waals surface area contributed by atoms with E-state index in [1.165, 1.54) is 30.5 Å². The minimum Gasteiger partial charge on any atom is -0.508 e. The predicted molar refractivity (Wildman–Crippen MR) is 77.9 cm³/mol. The Hall–Kier alpha value is -2.66. The first-order valence-electron chi connectivity index (χ1n) is 5.94. The SMILES string of the molecule is O=c1c(-c2ccc(O)c(Cl)c2)coc2cc(O)cc(O)c12. The number of halogens is 1. The number of benzene rings is 2. The standard InChI is InChI=1S/C15H9ClO5/c16-10-3-7(1-2-11(10)18)9-6-21-13-5-8(17)4-12(19)14(13)15(9)20/h1-6,17-19H. The molecule has 0 radical (unpaired) electrons. The summed E-state index contributed by atoms with van der Waals surface area (Å²) in [6.45, 7) is 0. The highest BCUT2D eigenvalue weighted by atomic mass is 35.5. The lowest BCUT2D eigenvalue weighted by molar-refractivity contribution is 0.452. The van der Waals surface area contributed by atoms with Gasteiger partial charge < -0.3 is 19.7 Å². The van der Waals surface area contributed by atoms with Gasteiger partial charge in [-0.3, -0.25) is 4.79 Å². The fourth-order valence-electron chi connectivity index (χ4n) is 2.09. The Kier molecular flexibility index (Phi) is 2.99. The van der Waals surface area contributed by atoms with Crippen molar-refractivity contribution in [2.75, 3.05) is 0 Å². The molecule has 5 nitrogen and oxygen atoms in total. The van der Waals surface area contributed by atoms with Crippen LogP contribution in [0.25, 0.3) is 22.1 Å². The van der Waals surface area contributed by atoms with Crippen molar-refractivity contribution in [3.05, 3.63) is 51.8 Å². The number of fused-ring (bicyclic) bond motifs is 1. The number of phenols is 3. The molecule has 0 unspecified atom stereocenters. The third kappa shape index (κ3) is 2.17. The van der Waals surface area contributed by atoms with E-state index in [1.807, 2.05) is 0 Å². The summed E-state index contributed by atoms with van der Waals surface area (Å²) < 4.78 is 5.28. The van der Waals surface area contributed by atoms with Gasteiger partial charge in [0.2, 0.25) is 5.43 Å². The highest BCUT2D eigenvalue weighted by molar-refractivity contribution is 6.32. The highest BCUT2D eigenvalue weighted by Gasteiger charge is 2.14. The molecule has 3 aromatic rings. The van der Waals surface area contributed by atoms with Gasteiger partial charge in [0.05, 0.1) is 10.6 Å². The van der Waals surface area contributed by atoms with Crippen molar-refractivity contribution < 1.29 is 19.7 Å². The van der Waals surface area contributed by atoms with E-state index in [9.17, 15) is 20.1 Å². The molecule has 3 N–H and O–H groups in total. The van der Waals surface area contributed by atoms with Crippen molar-refractivity contribution >= 4 is 22.6 Å². The van der Waals surface area contributed by atoms with Gasteiger partial charge >= 0.3 is 0 Å². The Morgan fingerprint density at radius 2 is 1.76 bits per heavy atom. The summed E-state index contributed by atoms with van der Waals surface area (Å²) in [5.41, 5.74) is 0.243. The van der Waals surface area contributed by atoms with Crippen molar-refractivity contribution in [1.82, 2.24) is 0 Å². The fourth-order valence-corrected chi connectivity index (χ4v) is 2.27. The summed E-state index contributed by atoms with van der Waals surface area (Å²) in [5, 5.41) is 28.7. The predicted octanol–water partition coefficient (Wildman–Crippen LogP) is 3.23. The van der Waals surface area contributed by atoms with E-state index in [-0.39, 0.29) is 38.8 Å². The average molecular weight is 305 g/mol. The molecule has 6 heteroatoms. The van der Waals surface area contributed by atoms with E-state index < -0.39 is 5.43 Å². The largest absolute Gasteiger partial charge is 0.508 e. The molecule has 2 aromatic carbocycles. The van der Waals surface area contributed by atoms with Crippen LogP contribution in [0.4, 0.5) is 0 Å². The zero-order valence-electron chi connectivity index (χ0n) is 10.5. The smallest absolute Gasteiger partial charge is 0.204 e. The number of rotatable bonds is 1. The van der Waals surface area contributed by atoms with Crippen LogP contribution < -0.4 is 5.43 Å². The summed E-state index contributed by atoms with van der Waals surface area (Å²) in [6.07, 6.45) is 1.21. The third-order valence-corrected chi connectivity index (χ3v) is 3.40. The molecule has 0 amide bonds. The summed E-state index contributed by atoms with van der Waals surface area (Å²) in [5.74, 6) is -0.674. The van der Waals surface area contributed by atoms with Gasteiger partial charge in [-0.1, -0.05) is 17.7 Å². The molecule has 0 aliphatic rings. The summed E-state index contributed by atoms with van der Waals surface area (Å²) in [4.78, 5) is 12.5. The Labute approximate surface area is 123 Å². The molecule has 21 heavy (non-hydrogen) atoms. The van der Waals surface area contributed by atoms with Gasteiger partial charge in [-0.25, -0.2) is 0 Å². The molecular formula is C15H9ClO5. The zero-order valence-corrected chi connectivity index (χ0v) is 11.3. The van der Waals surface area contributed by atoms with Crippen molar-refractivity contribution in [2.24, 2.45) is 0 Å². The zero-order chi connectivity index (χ0) is 15.1. The van der Waals surface area contributed by atoms with E-state index in [2.05, 4.69) is 0 Å².